The summed E-state index contributed by atoms with van der Waals surface area (Å²) in [4.78, 5) is 11.0. The number of carbonyl (C=O) groups excluding carboxylic acids is 1. The van der Waals surface area contributed by atoms with Crippen molar-refractivity contribution in [1.29, 1.82) is 0 Å². The Kier molecular flexibility index (Phi) is 3.18. The van der Waals surface area contributed by atoms with Crippen molar-refractivity contribution in [3.8, 4) is 0 Å². The topological polar surface area (TPSA) is 26.3 Å². The van der Waals surface area contributed by atoms with Gasteiger partial charge in [-0.25, -0.2) is 0 Å². The minimum absolute atomic E-state index is 0.0521. The van der Waals surface area contributed by atoms with E-state index in [1.165, 1.54) is 7.11 Å². The third-order valence-corrected chi connectivity index (χ3v) is 2.54. The number of alkyl halides is 1. The molecule has 0 aromatic carbocycles. The first kappa shape index (κ1) is 8.85. The van der Waals surface area contributed by atoms with Crippen molar-refractivity contribution in [1.82, 2.24) is 0 Å². The molecule has 0 radical (unpaired) electrons. The van der Waals surface area contributed by atoms with Gasteiger partial charge in [-0.1, -0.05) is 6.42 Å². The van der Waals surface area contributed by atoms with E-state index < -0.39 is 0 Å². The fourth-order valence-corrected chi connectivity index (χ4v) is 1.88. The van der Waals surface area contributed by atoms with Gasteiger partial charge < -0.3 is 4.74 Å². The third-order valence-electron chi connectivity index (χ3n) is 2.14. The molecule has 0 spiro atoms. The normalized spacial score (nSPS) is 31.5. The maximum Gasteiger partial charge on any atom is 0.308 e. The van der Waals surface area contributed by atoms with Gasteiger partial charge in [-0.15, -0.1) is 11.6 Å². The van der Waals surface area contributed by atoms with Crippen LogP contribution in [0.5, 0.6) is 0 Å². The van der Waals surface area contributed by atoms with E-state index in [9.17, 15) is 4.79 Å². The van der Waals surface area contributed by atoms with Crippen LogP contribution < -0.4 is 0 Å². The smallest absolute Gasteiger partial charge is 0.308 e. The molecule has 1 aliphatic rings. The Morgan fingerprint density at radius 1 is 1.55 bits per heavy atom. The molecule has 0 aromatic rings. The maximum atomic E-state index is 11.0. The number of esters is 1. The molecule has 0 saturated heterocycles. The van der Waals surface area contributed by atoms with Crippen LogP contribution in [0.25, 0.3) is 0 Å². The molecule has 0 aliphatic heterocycles. The Hall–Kier alpha value is -0.240. The van der Waals surface area contributed by atoms with Gasteiger partial charge in [0.2, 0.25) is 0 Å². The van der Waals surface area contributed by atoms with E-state index in [2.05, 4.69) is 4.74 Å². The summed E-state index contributed by atoms with van der Waals surface area (Å²) in [5, 5.41) is 0.174. The summed E-state index contributed by atoms with van der Waals surface area (Å²) in [6.45, 7) is 0. The second-order valence-electron chi connectivity index (χ2n) is 2.98. The van der Waals surface area contributed by atoms with Gasteiger partial charge in [0.05, 0.1) is 13.0 Å². The van der Waals surface area contributed by atoms with Gasteiger partial charge in [0.1, 0.15) is 0 Å². The van der Waals surface area contributed by atoms with Crippen LogP contribution in [-0.4, -0.2) is 18.5 Å². The minimum atomic E-state index is -0.102. The molecule has 64 valence electrons. The number of hydrogen-bond acceptors (Lipinski definition) is 2. The molecule has 1 rings (SSSR count). The van der Waals surface area contributed by atoms with E-state index >= 15 is 0 Å². The van der Waals surface area contributed by atoms with E-state index in [4.69, 9.17) is 11.6 Å². The first-order valence-corrected chi connectivity index (χ1v) is 4.39. The first-order chi connectivity index (χ1) is 5.24. The van der Waals surface area contributed by atoms with Crippen molar-refractivity contribution in [3.63, 3.8) is 0 Å². The molecule has 2 nitrogen and oxygen atoms in total. The highest BCUT2D eigenvalue weighted by atomic mass is 35.5. The van der Waals surface area contributed by atoms with Gasteiger partial charge in [-0.05, 0) is 19.3 Å². The molecule has 2 atom stereocenters. The van der Waals surface area contributed by atoms with Crippen LogP contribution in [-0.2, 0) is 9.53 Å². The van der Waals surface area contributed by atoms with Gasteiger partial charge in [0.25, 0.3) is 0 Å². The predicted octanol–water partition coefficient (Wildman–Crippen LogP) is 1.96. The number of hydrogen-bond donors (Lipinski definition) is 0. The van der Waals surface area contributed by atoms with Gasteiger partial charge in [0.15, 0.2) is 0 Å². The Labute approximate surface area is 71.9 Å². The molecule has 0 N–H and O–H groups in total. The van der Waals surface area contributed by atoms with Crippen LogP contribution in [0.1, 0.15) is 25.7 Å². The van der Waals surface area contributed by atoms with E-state index in [0.717, 1.165) is 25.7 Å². The van der Waals surface area contributed by atoms with E-state index in [-0.39, 0.29) is 17.3 Å². The largest absolute Gasteiger partial charge is 0.469 e. The summed E-state index contributed by atoms with van der Waals surface area (Å²) >= 11 is 5.90. The Balaban J connectivity index is 2.39. The summed E-state index contributed by atoms with van der Waals surface area (Å²) in [5.41, 5.74) is 0. The fraction of sp³-hybridized carbons (Fsp3) is 0.875. The second kappa shape index (κ2) is 3.96. The molecule has 0 amide bonds. The van der Waals surface area contributed by atoms with E-state index in [0.29, 0.717) is 0 Å². The van der Waals surface area contributed by atoms with Crippen molar-refractivity contribution < 1.29 is 9.53 Å². The average molecular weight is 177 g/mol. The van der Waals surface area contributed by atoms with Crippen LogP contribution in [0.15, 0.2) is 0 Å². The van der Waals surface area contributed by atoms with Crippen molar-refractivity contribution in [2.45, 2.75) is 31.1 Å². The van der Waals surface area contributed by atoms with Crippen LogP contribution in [0, 0.1) is 5.92 Å². The van der Waals surface area contributed by atoms with Crippen LogP contribution in [0.2, 0.25) is 0 Å². The quantitative estimate of drug-likeness (QED) is 0.451. The van der Waals surface area contributed by atoms with Gasteiger partial charge in [0, 0.05) is 5.38 Å². The SMILES string of the molecule is COC(=O)[C@H]1CCC[C@@H](Cl)C1. The molecular formula is C8H13ClO2. The molecule has 11 heavy (non-hydrogen) atoms. The number of carbonyl (C=O) groups is 1. The van der Waals surface area contributed by atoms with E-state index in [1.54, 1.807) is 0 Å². The lowest BCUT2D eigenvalue weighted by molar-refractivity contribution is -0.146. The Bertz CT molecular complexity index is 147. The molecular weight excluding hydrogens is 164 g/mol. The zero-order valence-corrected chi connectivity index (χ0v) is 7.43. The summed E-state index contributed by atoms with van der Waals surface area (Å²) in [5.74, 6) is -0.0494. The molecule has 1 fully saturated rings. The van der Waals surface area contributed by atoms with Crippen molar-refractivity contribution in [2.75, 3.05) is 7.11 Å². The minimum Gasteiger partial charge on any atom is -0.469 e. The van der Waals surface area contributed by atoms with Gasteiger partial charge >= 0.3 is 5.97 Å². The molecule has 1 saturated carbocycles. The third kappa shape index (κ3) is 2.37. The molecule has 1 aliphatic carbocycles. The predicted molar refractivity (Wildman–Crippen MR) is 43.6 cm³/mol. The summed E-state index contributed by atoms with van der Waals surface area (Å²) in [7, 11) is 1.43. The second-order valence-corrected chi connectivity index (χ2v) is 3.60. The standard InChI is InChI=1S/C8H13ClO2/c1-11-8(10)6-3-2-4-7(9)5-6/h6-7H,2-5H2,1H3/t6-,7+/m0/s1. The molecule has 0 heterocycles. The summed E-state index contributed by atoms with van der Waals surface area (Å²) < 4.78 is 4.64. The van der Waals surface area contributed by atoms with Crippen LogP contribution >= 0.6 is 11.6 Å². The molecule has 3 heteroatoms. The molecule has 0 bridgehead atoms. The fourth-order valence-electron chi connectivity index (χ4n) is 1.51. The van der Waals surface area contributed by atoms with Crippen molar-refractivity contribution in [2.24, 2.45) is 5.92 Å². The lowest BCUT2D eigenvalue weighted by Crippen LogP contribution is -2.23. The molecule has 0 aromatic heterocycles. The highest BCUT2D eigenvalue weighted by Gasteiger charge is 2.26. The Morgan fingerprint density at radius 3 is 2.82 bits per heavy atom. The van der Waals surface area contributed by atoms with Gasteiger partial charge in [-0.2, -0.15) is 0 Å². The number of methoxy groups -OCH3 is 1. The summed E-state index contributed by atoms with van der Waals surface area (Å²) in [6, 6.07) is 0. The van der Waals surface area contributed by atoms with E-state index in [1.807, 2.05) is 0 Å². The number of halogens is 1. The van der Waals surface area contributed by atoms with Crippen LogP contribution in [0.3, 0.4) is 0 Å². The number of rotatable bonds is 1. The zero-order chi connectivity index (χ0) is 8.27. The highest BCUT2D eigenvalue weighted by molar-refractivity contribution is 6.20. The van der Waals surface area contributed by atoms with Crippen molar-refractivity contribution in [3.05, 3.63) is 0 Å². The summed E-state index contributed by atoms with van der Waals surface area (Å²) in [6.07, 6.45) is 3.81. The maximum absolute atomic E-state index is 11.0. The van der Waals surface area contributed by atoms with Crippen LogP contribution in [0.4, 0.5) is 0 Å². The van der Waals surface area contributed by atoms with Gasteiger partial charge in [-0.3, -0.25) is 4.79 Å². The zero-order valence-electron chi connectivity index (χ0n) is 6.68. The highest BCUT2D eigenvalue weighted by Crippen LogP contribution is 2.28. The monoisotopic (exact) mass is 176 g/mol. The Morgan fingerprint density at radius 2 is 2.27 bits per heavy atom. The lowest BCUT2D eigenvalue weighted by Gasteiger charge is -2.22. The average Bonchev–Trinajstić information content (AvgIpc) is 2.03. The molecule has 0 unspecified atom stereocenters. The number of ether oxygens (including phenoxy) is 1. The van der Waals surface area contributed by atoms with Crippen molar-refractivity contribution >= 4 is 17.6 Å². The lowest BCUT2D eigenvalue weighted by atomic mass is 9.89. The first-order valence-electron chi connectivity index (χ1n) is 3.96.